The van der Waals surface area contributed by atoms with Gasteiger partial charge in [-0.2, -0.15) is 0 Å². The zero-order valence-electron chi connectivity index (χ0n) is 30.8. The standard InChI is InChI=1S/C52H37NSSi/c1-55(2)49-30-29-46-45-13-7-8-14-48(45)54-52(46)51(49)47-28-27-44(33-50(47)55)53(42-23-19-36(20-24-42)40-17-15-34-9-3-5-11-38(34)31-40)43-25-21-37(22-26-43)41-18-16-35-10-4-6-12-39(35)32-41/h3-33H,1-2H3. The predicted octanol–water partition coefficient (Wildman–Crippen LogP) is 14.0. The van der Waals surface area contributed by atoms with Crippen LogP contribution in [0.2, 0.25) is 13.1 Å². The third kappa shape index (κ3) is 5.19. The van der Waals surface area contributed by atoms with Gasteiger partial charge in [0, 0.05) is 37.2 Å². The van der Waals surface area contributed by atoms with Gasteiger partial charge in [0.05, 0.1) is 0 Å². The molecule has 0 bridgehead atoms. The second kappa shape index (κ2) is 12.4. The van der Waals surface area contributed by atoms with Crippen molar-refractivity contribution in [1.82, 2.24) is 0 Å². The first-order valence-corrected chi connectivity index (χ1v) is 22.9. The molecule has 2 heterocycles. The normalized spacial score (nSPS) is 13.1. The summed E-state index contributed by atoms with van der Waals surface area (Å²) in [6.07, 6.45) is 0. The summed E-state index contributed by atoms with van der Waals surface area (Å²) in [5.41, 5.74) is 11.2. The zero-order chi connectivity index (χ0) is 36.7. The van der Waals surface area contributed by atoms with E-state index in [-0.39, 0.29) is 0 Å². The second-order valence-electron chi connectivity index (χ2n) is 15.4. The number of hydrogen-bond acceptors (Lipinski definition) is 2. The maximum absolute atomic E-state index is 2.53. The maximum atomic E-state index is 2.53. The first-order chi connectivity index (χ1) is 27.0. The fourth-order valence-corrected chi connectivity index (χ4v) is 13.3. The molecule has 3 heteroatoms. The topological polar surface area (TPSA) is 3.24 Å². The van der Waals surface area contributed by atoms with Crippen LogP contribution in [0.15, 0.2) is 188 Å². The molecule has 0 radical (unpaired) electrons. The molecular weight excluding hydrogens is 699 g/mol. The van der Waals surface area contributed by atoms with Crippen LogP contribution in [0, 0.1) is 0 Å². The van der Waals surface area contributed by atoms with E-state index in [0.29, 0.717) is 0 Å². The van der Waals surface area contributed by atoms with Crippen molar-refractivity contribution in [2.24, 2.45) is 0 Å². The number of thiophene rings is 1. The highest BCUT2D eigenvalue weighted by atomic mass is 32.1. The van der Waals surface area contributed by atoms with Gasteiger partial charge in [0.15, 0.2) is 0 Å². The molecular formula is C52H37NSSi. The van der Waals surface area contributed by atoms with Gasteiger partial charge in [0.1, 0.15) is 8.07 Å². The molecule has 0 spiro atoms. The van der Waals surface area contributed by atoms with E-state index in [0.717, 1.165) is 11.4 Å². The number of hydrogen-bond donors (Lipinski definition) is 0. The molecule has 0 saturated heterocycles. The maximum Gasteiger partial charge on any atom is 0.114 e. The van der Waals surface area contributed by atoms with Crippen LogP contribution in [-0.2, 0) is 0 Å². The molecule has 10 aromatic rings. The highest BCUT2D eigenvalue weighted by molar-refractivity contribution is 7.26. The number of fused-ring (bicyclic) bond motifs is 9. The SMILES string of the molecule is C[Si]1(C)c2cc(N(c3ccc(-c4ccc5ccccc5c4)cc3)c3ccc(-c4ccc5ccccc5c4)cc3)ccc2-c2c1ccc1c2sc2ccccc21. The van der Waals surface area contributed by atoms with Gasteiger partial charge in [0.25, 0.3) is 0 Å². The Bertz CT molecular complexity index is 3000. The van der Waals surface area contributed by atoms with Gasteiger partial charge in [-0.15, -0.1) is 11.3 Å². The van der Waals surface area contributed by atoms with E-state index in [4.69, 9.17) is 0 Å². The monoisotopic (exact) mass is 735 g/mol. The molecule has 0 aliphatic carbocycles. The summed E-state index contributed by atoms with van der Waals surface area (Å²) in [6, 6.07) is 69.9. The molecule has 0 N–H and O–H groups in total. The summed E-state index contributed by atoms with van der Waals surface area (Å²) in [7, 11) is -2.00. The molecule has 1 aromatic heterocycles. The van der Waals surface area contributed by atoms with Crippen molar-refractivity contribution >= 4 is 88.6 Å². The minimum atomic E-state index is -2.00. The van der Waals surface area contributed by atoms with E-state index in [1.54, 1.807) is 5.19 Å². The van der Waals surface area contributed by atoms with Crippen LogP contribution < -0.4 is 15.3 Å². The molecule has 0 atom stereocenters. The van der Waals surface area contributed by atoms with Crippen LogP contribution in [0.4, 0.5) is 17.1 Å². The second-order valence-corrected chi connectivity index (χ2v) is 20.8. The Morgan fingerprint density at radius 2 is 0.927 bits per heavy atom. The van der Waals surface area contributed by atoms with E-state index >= 15 is 0 Å². The molecule has 260 valence electrons. The third-order valence-electron chi connectivity index (χ3n) is 11.8. The van der Waals surface area contributed by atoms with Crippen molar-refractivity contribution in [3.05, 3.63) is 188 Å². The molecule has 1 aliphatic heterocycles. The number of nitrogens with zero attached hydrogens (tertiary/aromatic N) is 1. The summed E-state index contributed by atoms with van der Waals surface area (Å²) in [5, 5.41) is 10.8. The Morgan fingerprint density at radius 1 is 0.400 bits per heavy atom. The first kappa shape index (κ1) is 32.2. The lowest BCUT2D eigenvalue weighted by Crippen LogP contribution is -2.49. The van der Waals surface area contributed by atoms with Crippen molar-refractivity contribution in [2.45, 2.75) is 13.1 Å². The molecule has 9 aromatic carbocycles. The molecule has 55 heavy (non-hydrogen) atoms. The molecule has 0 amide bonds. The third-order valence-corrected chi connectivity index (χ3v) is 16.6. The number of rotatable bonds is 5. The van der Waals surface area contributed by atoms with Crippen molar-refractivity contribution < 1.29 is 0 Å². The smallest absolute Gasteiger partial charge is 0.114 e. The van der Waals surface area contributed by atoms with Crippen molar-refractivity contribution in [2.75, 3.05) is 4.90 Å². The van der Waals surface area contributed by atoms with Gasteiger partial charge in [-0.05, 0) is 120 Å². The van der Waals surface area contributed by atoms with Gasteiger partial charge < -0.3 is 4.90 Å². The number of anilines is 3. The average Bonchev–Trinajstić information content (AvgIpc) is 3.73. The molecule has 0 saturated carbocycles. The molecule has 11 rings (SSSR count). The quantitative estimate of drug-likeness (QED) is 0.159. The summed E-state index contributed by atoms with van der Waals surface area (Å²) >= 11 is 1.95. The van der Waals surface area contributed by atoms with Crippen LogP contribution in [0.5, 0.6) is 0 Å². The zero-order valence-corrected chi connectivity index (χ0v) is 32.6. The van der Waals surface area contributed by atoms with Crippen LogP contribution in [0.25, 0.3) is 75.1 Å². The van der Waals surface area contributed by atoms with E-state index < -0.39 is 8.07 Å². The van der Waals surface area contributed by atoms with Gasteiger partial charge in [-0.1, -0.05) is 147 Å². The van der Waals surface area contributed by atoms with Crippen LogP contribution in [-0.4, -0.2) is 8.07 Å². The molecule has 1 nitrogen and oxygen atoms in total. The lowest BCUT2D eigenvalue weighted by Gasteiger charge is -2.28. The van der Waals surface area contributed by atoms with Gasteiger partial charge in [0.2, 0.25) is 0 Å². The Labute approximate surface area is 326 Å². The molecule has 0 unspecified atom stereocenters. The average molecular weight is 736 g/mol. The molecule has 0 fully saturated rings. The Kier molecular flexibility index (Phi) is 7.25. The highest BCUT2D eigenvalue weighted by Gasteiger charge is 2.39. The first-order valence-electron chi connectivity index (χ1n) is 19.1. The lowest BCUT2D eigenvalue weighted by molar-refractivity contribution is 1.29. The Morgan fingerprint density at radius 3 is 1.55 bits per heavy atom. The lowest BCUT2D eigenvalue weighted by atomic mass is 9.99. The predicted molar refractivity (Wildman–Crippen MR) is 242 cm³/mol. The fraction of sp³-hybridized carbons (Fsp3) is 0.0385. The van der Waals surface area contributed by atoms with Crippen LogP contribution in [0.1, 0.15) is 0 Å². The van der Waals surface area contributed by atoms with Gasteiger partial charge in [-0.3, -0.25) is 0 Å². The molecule has 1 aliphatic rings. The van der Waals surface area contributed by atoms with Crippen molar-refractivity contribution in [1.29, 1.82) is 0 Å². The minimum Gasteiger partial charge on any atom is -0.311 e. The highest BCUT2D eigenvalue weighted by Crippen LogP contribution is 2.44. The Hall–Kier alpha value is -6.26. The van der Waals surface area contributed by atoms with Crippen molar-refractivity contribution in [3.63, 3.8) is 0 Å². The van der Waals surface area contributed by atoms with E-state index in [2.05, 4.69) is 206 Å². The largest absolute Gasteiger partial charge is 0.311 e. The van der Waals surface area contributed by atoms with Crippen LogP contribution >= 0.6 is 11.3 Å². The number of benzene rings is 9. The van der Waals surface area contributed by atoms with Gasteiger partial charge in [-0.25, -0.2) is 0 Å². The minimum absolute atomic E-state index is 1.14. The summed E-state index contributed by atoms with van der Waals surface area (Å²) in [6.45, 7) is 5.06. The van der Waals surface area contributed by atoms with E-state index in [1.807, 2.05) is 11.3 Å². The Balaban J connectivity index is 1.03. The van der Waals surface area contributed by atoms with Gasteiger partial charge >= 0.3 is 0 Å². The summed E-state index contributed by atoms with van der Waals surface area (Å²) < 4.78 is 2.79. The van der Waals surface area contributed by atoms with E-state index in [9.17, 15) is 0 Å². The summed E-state index contributed by atoms with van der Waals surface area (Å²) in [5.74, 6) is 0. The van der Waals surface area contributed by atoms with Crippen molar-refractivity contribution in [3.8, 4) is 33.4 Å². The fourth-order valence-electron chi connectivity index (χ4n) is 8.92. The van der Waals surface area contributed by atoms with Crippen LogP contribution in [0.3, 0.4) is 0 Å². The van der Waals surface area contributed by atoms with E-state index in [1.165, 1.54) is 86.0 Å². The summed E-state index contributed by atoms with van der Waals surface area (Å²) in [4.78, 5) is 2.44.